The van der Waals surface area contributed by atoms with Gasteiger partial charge in [0.2, 0.25) is 17.6 Å². The van der Waals surface area contributed by atoms with Gasteiger partial charge in [-0.25, -0.2) is 4.79 Å². The van der Waals surface area contributed by atoms with Crippen molar-refractivity contribution in [2.24, 2.45) is 23.2 Å². The number of ketones is 1. The summed E-state index contributed by atoms with van der Waals surface area (Å²) in [7, 11) is 2.01. The van der Waals surface area contributed by atoms with Crippen LogP contribution in [-0.2, 0) is 19.2 Å². The lowest BCUT2D eigenvalue weighted by atomic mass is 9.80. The molecule has 0 aromatic heterocycles. The summed E-state index contributed by atoms with van der Waals surface area (Å²) in [6.07, 6.45) is 3.50. The minimum Gasteiger partial charge on any atom is -0.410 e. The highest BCUT2D eigenvalue weighted by Crippen LogP contribution is 2.34. The summed E-state index contributed by atoms with van der Waals surface area (Å²) >= 11 is 0. The standard InChI is InChI=1S/C30H44N5O8P/c1-17(2)15-19-13-14-34(23(19)26(37)31-22(16-18-7-6-8-18)24(36)27(38)33-44)28(39)25(30(3,4)5)32-29(40)43-21-11-9-20(10-12-21)35(41)42/h9-12,17-19,22-23,25H,6-8,13-16,44H2,1-5H3,(H,31,37)(H,32,40)(H,33,38)/t19-,22?,23+,25-/m1/s1. The molecule has 5 atom stereocenters. The number of amides is 4. The van der Waals surface area contributed by atoms with Gasteiger partial charge in [0.1, 0.15) is 17.8 Å². The number of carbonyl (C=O) groups excluding carboxylic acids is 5. The maximum atomic E-state index is 14.1. The third kappa shape index (κ3) is 8.97. The molecule has 1 aliphatic carbocycles. The first kappa shape index (κ1) is 34.9. The predicted molar refractivity (Wildman–Crippen MR) is 165 cm³/mol. The molecule has 242 valence electrons. The fourth-order valence-corrected chi connectivity index (χ4v) is 5.94. The van der Waals surface area contributed by atoms with Gasteiger partial charge in [0.25, 0.3) is 11.6 Å². The quantitative estimate of drug-likeness (QED) is 0.136. The van der Waals surface area contributed by atoms with Crippen molar-refractivity contribution in [3.05, 3.63) is 34.4 Å². The molecule has 44 heavy (non-hydrogen) atoms. The van der Waals surface area contributed by atoms with E-state index >= 15 is 0 Å². The second-order valence-electron chi connectivity index (χ2n) is 13.2. The van der Waals surface area contributed by atoms with Crippen molar-refractivity contribution in [3.63, 3.8) is 0 Å². The van der Waals surface area contributed by atoms with Crippen molar-refractivity contribution in [2.75, 3.05) is 6.54 Å². The molecule has 0 bridgehead atoms. The Hall–Kier alpha value is -3.60. The Balaban J connectivity index is 1.83. The molecule has 1 aromatic rings. The number of nitrogens with zero attached hydrogens (tertiary/aromatic N) is 2. The number of carbonyl (C=O) groups is 5. The summed E-state index contributed by atoms with van der Waals surface area (Å²) in [5.74, 6) is -2.21. The number of nitrogens with one attached hydrogen (secondary N) is 3. The third-order valence-electron chi connectivity index (χ3n) is 8.26. The van der Waals surface area contributed by atoms with Gasteiger partial charge in [0.15, 0.2) is 0 Å². The molecule has 2 unspecified atom stereocenters. The van der Waals surface area contributed by atoms with Crippen molar-refractivity contribution in [1.82, 2.24) is 20.6 Å². The zero-order valence-electron chi connectivity index (χ0n) is 26.0. The number of non-ortho nitro benzene ring substituents is 1. The molecule has 14 heteroatoms. The van der Waals surface area contributed by atoms with E-state index < -0.39 is 58.1 Å². The van der Waals surface area contributed by atoms with Crippen LogP contribution in [0.2, 0.25) is 0 Å². The third-order valence-corrected chi connectivity index (χ3v) is 8.53. The lowest BCUT2D eigenvalue weighted by Gasteiger charge is -2.37. The topological polar surface area (TPSA) is 177 Å². The average Bonchev–Trinajstić information content (AvgIpc) is 3.34. The first-order chi connectivity index (χ1) is 20.6. The average molecular weight is 634 g/mol. The van der Waals surface area contributed by atoms with Crippen molar-refractivity contribution in [1.29, 1.82) is 0 Å². The fraction of sp³-hybridized carbons (Fsp3) is 0.633. The van der Waals surface area contributed by atoms with Gasteiger partial charge >= 0.3 is 6.09 Å². The summed E-state index contributed by atoms with van der Waals surface area (Å²) < 4.78 is 5.30. The van der Waals surface area contributed by atoms with Gasteiger partial charge in [-0.3, -0.25) is 29.3 Å². The molecule has 0 spiro atoms. The smallest absolute Gasteiger partial charge is 0.410 e. The molecule has 1 aromatic carbocycles. The van der Waals surface area contributed by atoms with Crippen molar-refractivity contribution >= 4 is 44.7 Å². The van der Waals surface area contributed by atoms with E-state index in [1.165, 1.54) is 29.2 Å². The molecular weight excluding hydrogens is 589 g/mol. The van der Waals surface area contributed by atoms with E-state index in [4.69, 9.17) is 4.74 Å². The van der Waals surface area contributed by atoms with E-state index in [-0.39, 0.29) is 35.7 Å². The van der Waals surface area contributed by atoms with Gasteiger partial charge in [-0.15, -0.1) is 0 Å². The van der Waals surface area contributed by atoms with Crippen LogP contribution in [-0.4, -0.2) is 64.1 Å². The Bertz CT molecular complexity index is 1240. The number of nitro benzene ring substituents is 1. The molecule has 13 nitrogen and oxygen atoms in total. The summed E-state index contributed by atoms with van der Waals surface area (Å²) in [6.45, 7) is 9.64. The number of likely N-dealkylation sites (tertiary alicyclic amines) is 1. The van der Waals surface area contributed by atoms with E-state index in [1.807, 2.05) is 23.2 Å². The number of benzene rings is 1. The molecular formula is C30H44N5O8P. The van der Waals surface area contributed by atoms with Gasteiger partial charge in [0, 0.05) is 18.7 Å². The van der Waals surface area contributed by atoms with E-state index in [0.29, 0.717) is 19.3 Å². The first-order valence-electron chi connectivity index (χ1n) is 15.0. The number of ether oxygens (including phenoxy) is 1. The maximum Gasteiger partial charge on any atom is 0.413 e. The largest absolute Gasteiger partial charge is 0.413 e. The lowest BCUT2D eigenvalue weighted by Crippen LogP contribution is -2.60. The van der Waals surface area contributed by atoms with Crippen LogP contribution in [0.5, 0.6) is 5.75 Å². The number of hydrogen-bond acceptors (Lipinski definition) is 8. The van der Waals surface area contributed by atoms with Crippen LogP contribution in [0.15, 0.2) is 24.3 Å². The van der Waals surface area contributed by atoms with E-state index in [2.05, 4.69) is 15.7 Å². The fourth-order valence-electron chi connectivity index (χ4n) is 5.80. The van der Waals surface area contributed by atoms with Crippen LogP contribution < -0.4 is 20.5 Å². The second-order valence-corrected chi connectivity index (χ2v) is 13.5. The maximum absolute atomic E-state index is 14.1. The molecule has 3 N–H and O–H groups in total. The predicted octanol–water partition coefficient (Wildman–Crippen LogP) is 3.51. The molecule has 1 saturated carbocycles. The van der Waals surface area contributed by atoms with Crippen LogP contribution in [0, 0.1) is 33.3 Å². The van der Waals surface area contributed by atoms with Gasteiger partial charge in [-0.2, -0.15) is 0 Å². The number of hydrogen-bond donors (Lipinski definition) is 3. The molecule has 1 heterocycles. The van der Waals surface area contributed by atoms with E-state index in [9.17, 15) is 34.1 Å². The minimum atomic E-state index is -1.09. The molecule has 2 aliphatic rings. The Morgan fingerprint density at radius 2 is 1.68 bits per heavy atom. The van der Waals surface area contributed by atoms with E-state index in [0.717, 1.165) is 19.3 Å². The molecule has 3 rings (SSSR count). The van der Waals surface area contributed by atoms with Crippen molar-refractivity contribution in [2.45, 2.75) is 91.3 Å². The minimum absolute atomic E-state index is 0.0559. The number of Topliss-reactive ketones (excluding diaryl/α,β-unsaturated/α-hetero) is 1. The van der Waals surface area contributed by atoms with Crippen LogP contribution in [0.25, 0.3) is 0 Å². The van der Waals surface area contributed by atoms with Gasteiger partial charge in [0.05, 0.1) is 11.0 Å². The zero-order valence-corrected chi connectivity index (χ0v) is 27.1. The number of nitro groups is 1. The van der Waals surface area contributed by atoms with Crippen LogP contribution in [0.3, 0.4) is 0 Å². The highest BCUT2D eigenvalue weighted by atomic mass is 31.0. The highest BCUT2D eigenvalue weighted by Gasteiger charge is 2.47. The van der Waals surface area contributed by atoms with Crippen LogP contribution in [0.4, 0.5) is 10.5 Å². The van der Waals surface area contributed by atoms with Gasteiger partial charge in [-0.1, -0.05) is 53.9 Å². The van der Waals surface area contributed by atoms with Crippen molar-refractivity contribution in [3.8, 4) is 5.75 Å². The molecule has 0 radical (unpaired) electrons. The summed E-state index contributed by atoms with van der Waals surface area (Å²) in [5.41, 5.74) is -0.955. The van der Waals surface area contributed by atoms with Gasteiger partial charge < -0.3 is 25.4 Å². The van der Waals surface area contributed by atoms with Crippen molar-refractivity contribution < 1.29 is 33.6 Å². The Morgan fingerprint density at radius 3 is 2.18 bits per heavy atom. The van der Waals surface area contributed by atoms with E-state index in [1.54, 1.807) is 20.8 Å². The SMILES string of the molecule is CC(C)C[C@H]1CCN(C(=O)[C@@H](NC(=O)Oc2ccc([N+](=O)[O-])cc2)C(C)(C)C)[C@@H]1C(=O)NC(CC1CCC1)C(=O)C(=O)NP. The molecule has 1 saturated heterocycles. The van der Waals surface area contributed by atoms with Crippen LogP contribution >= 0.6 is 9.39 Å². The van der Waals surface area contributed by atoms with Gasteiger partial charge in [-0.05, 0) is 64.0 Å². The molecule has 1 aliphatic heterocycles. The Labute approximate surface area is 260 Å². The molecule has 2 fully saturated rings. The highest BCUT2D eigenvalue weighted by molar-refractivity contribution is 7.15. The van der Waals surface area contributed by atoms with Crippen LogP contribution in [0.1, 0.15) is 73.1 Å². The Kier molecular flexibility index (Phi) is 11.8. The molecule has 4 amide bonds. The Morgan fingerprint density at radius 1 is 1.05 bits per heavy atom. The summed E-state index contributed by atoms with van der Waals surface area (Å²) in [5, 5.41) is 18.6. The second kappa shape index (κ2) is 14.9. The first-order valence-corrected chi connectivity index (χ1v) is 15.6. The zero-order chi connectivity index (χ0) is 32.8. The normalized spacial score (nSPS) is 19.8. The summed E-state index contributed by atoms with van der Waals surface area (Å²) in [6, 6.07) is 1.95. The monoisotopic (exact) mass is 633 g/mol. The summed E-state index contributed by atoms with van der Waals surface area (Å²) in [4.78, 5) is 77.9. The number of rotatable bonds is 12. The lowest BCUT2D eigenvalue weighted by molar-refractivity contribution is -0.384.